The van der Waals surface area contributed by atoms with Gasteiger partial charge >= 0.3 is 5.97 Å². The highest BCUT2D eigenvalue weighted by molar-refractivity contribution is 5.69. The van der Waals surface area contributed by atoms with Crippen LogP contribution < -0.4 is 0 Å². The number of aliphatic carboxylic acids is 1. The van der Waals surface area contributed by atoms with Crippen molar-refractivity contribution >= 4 is 5.97 Å². The van der Waals surface area contributed by atoms with Crippen LogP contribution in [0.4, 0.5) is 0 Å². The van der Waals surface area contributed by atoms with E-state index in [0.29, 0.717) is 0 Å². The molecule has 0 saturated heterocycles. The van der Waals surface area contributed by atoms with Gasteiger partial charge in [0.1, 0.15) is 0 Å². The lowest BCUT2D eigenvalue weighted by Gasteiger charge is -2.19. The van der Waals surface area contributed by atoms with Crippen molar-refractivity contribution in [3.05, 3.63) is 0 Å². The molecule has 0 aliphatic carbocycles. The summed E-state index contributed by atoms with van der Waals surface area (Å²) in [6, 6.07) is -0.0869. The first-order chi connectivity index (χ1) is 4.57. The minimum absolute atomic E-state index is 0.0101. The average Bonchev–Trinajstić information content (AvgIpc) is 1.85. The van der Waals surface area contributed by atoms with Gasteiger partial charge in [-0.25, -0.2) is 0 Å². The molecule has 0 heterocycles. The normalized spacial score (nSPS) is 13.6. The van der Waals surface area contributed by atoms with Crippen LogP contribution in [0.2, 0.25) is 0 Å². The third-order valence-corrected chi connectivity index (χ3v) is 1.40. The van der Waals surface area contributed by atoms with Crippen molar-refractivity contribution in [3.63, 3.8) is 0 Å². The summed E-state index contributed by atoms with van der Waals surface area (Å²) in [6.45, 7) is 1.73. The van der Waals surface area contributed by atoms with Gasteiger partial charge in [0.15, 0.2) is 0 Å². The van der Waals surface area contributed by atoms with Crippen molar-refractivity contribution in [2.45, 2.75) is 13.0 Å². The molecule has 0 unspecified atom stereocenters. The summed E-state index contributed by atoms with van der Waals surface area (Å²) in [5, 5.41) is 16.9. The van der Waals surface area contributed by atoms with E-state index in [1.165, 1.54) is 0 Å². The molecule has 4 heteroatoms. The zero-order chi connectivity index (χ0) is 8.15. The van der Waals surface area contributed by atoms with Crippen LogP contribution >= 0.6 is 0 Å². The van der Waals surface area contributed by atoms with Gasteiger partial charge in [0, 0.05) is 6.04 Å². The molecule has 0 aliphatic rings. The number of carbonyl (C=O) groups is 1. The number of hydrogen-bond acceptors (Lipinski definition) is 3. The monoisotopic (exact) mass is 147 g/mol. The van der Waals surface area contributed by atoms with E-state index in [1.807, 2.05) is 0 Å². The van der Waals surface area contributed by atoms with E-state index in [4.69, 9.17) is 10.2 Å². The van der Waals surface area contributed by atoms with Crippen LogP contribution in [0.5, 0.6) is 0 Å². The smallest absolute Gasteiger partial charge is 0.317 e. The maximum Gasteiger partial charge on any atom is 0.317 e. The second kappa shape index (κ2) is 4.24. The van der Waals surface area contributed by atoms with Gasteiger partial charge in [0.25, 0.3) is 0 Å². The van der Waals surface area contributed by atoms with Gasteiger partial charge < -0.3 is 10.2 Å². The molecule has 0 fully saturated rings. The fourth-order valence-electron chi connectivity index (χ4n) is 0.509. The van der Waals surface area contributed by atoms with Gasteiger partial charge in [0.2, 0.25) is 0 Å². The molecule has 60 valence electrons. The van der Waals surface area contributed by atoms with Crippen molar-refractivity contribution in [2.75, 3.05) is 20.2 Å². The summed E-state index contributed by atoms with van der Waals surface area (Å²) in [6.07, 6.45) is 0. The Labute approximate surface area is 60.1 Å². The third kappa shape index (κ3) is 3.42. The van der Waals surface area contributed by atoms with Gasteiger partial charge in [-0.2, -0.15) is 0 Å². The average molecular weight is 147 g/mol. The first kappa shape index (κ1) is 9.39. The lowest BCUT2D eigenvalue weighted by molar-refractivity contribution is -0.138. The molecule has 0 amide bonds. The molecule has 10 heavy (non-hydrogen) atoms. The number of carboxylic acid groups (broad SMARTS) is 1. The number of nitrogens with zero attached hydrogens (tertiary/aromatic N) is 1. The summed E-state index contributed by atoms with van der Waals surface area (Å²) in [4.78, 5) is 11.7. The van der Waals surface area contributed by atoms with Crippen molar-refractivity contribution in [1.29, 1.82) is 0 Å². The Hall–Kier alpha value is -0.610. The first-order valence-corrected chi connectivity index (χ1v) is 3.10. The summed E-state index contributed by atoms with van der Waals surface area (Å²) in [7, 11) is 1.66. The first-order valence-electron chi connectivity index (χ1n) is 3.10. The van der Waals surface area contributed by atoms with Crippen LogP contribution in [0.15, 0.2) is 0 Å². The number of aliphatic hydroxyl groups excluding tert-OH is 1. The minimum atomic E-state index is -0.872. The summed E-state index contributed by atoms with van der Waals surface area (Å²) >= 11 is 0. The molecular weight excluding hydrogens is 134 g/mol. The molecule has 2 N–H and O–H groups in total. The predicted molar refractivity (Wildman–Crippen MR) is 36.8 cm³/mol. The maximum atomic E-state index is 10.1. The Morgan fingerprint density at radius 2 is 2.20 bits per heavy atom. The lowest BCUT2D eigenvalue weighted by atomic mass is 10.3. The van der Waals surface area contributed by atoms with Gasteiger partial charge in [-0.3, -0.25) is 9.69 Å². The van der Waals surface area contributed by atoms with Crippen LogP contribution in [0.25, 0.3) is 0 Å². The van der Waals surface area contributed by atoms with Crippen LogP contribution in [-0.2, 0) is 4.79 Å². The summed E-state index contributed by atoms with van der Waals surface area (Å²) in [5.41, 5.74) is 0. The number of rotatable bonds is 4. The fourth-order valence-corrected chi connectivity index (χ4v) is 0.509. The molecule has 0 saturated carbocycles. The molecule has 0 aromatic rings. The van der Waals surface area contributed by atoms with E-state index in [2.05, 4.69) is 0 Å². The number of aliphatic hydroxyl groups is 1. The predicted octanol–water partition coefficient (Wildman–Crippen LogP) is -0.616. The fraction of sp³-hybridized carbons (Fsp3) is 0.833. The van der Waals surface area contributed by atoms with E-state index in [0.717, 1.165) is 0 Å². The molecule has 1 atom stereocenters. The second-order valence-electron chi connectivity index (χ2n) is 2.34. The number of hydrogen-bond donors (Lipinski definition) is 2. The Balaban J connectivity index is 3.61. The largest absolute Gasteiger partial charge is 0.480 e. The van der Waals surface area contributed by atoms with Crippen molar-refractivity contribution in [2.24, 2.45) is 0 Å². The Kier molecular flexibility index (Phi) is 3.99. The summed E-state index contributed by atoms with van der Waals surface area (Å²) < 4.78 is 0. The Morgan fingerprint density at radius 1 is 1.70 bits per heavy atom. The zero-order valence-corrected chi connectivity index (χ0v) is 6.24. The van der Waals surface area contributed by atoms with E-state index in [-0.39, 0.29) is 19.2 Å². The quantitative estimate of drug-likeness (QED) is 0.556. The van der Waals surface area contributed by atoms with Gasteiger partial charge in [-0.05, 0) is 14.0 Å². The molecule has 0 rings (SSSR count). The van der Waals surface area contributed by atoms with Crippen LogP contribution in [0.1, 0.15) is 6.92 Å². The Morgan fingerprint density at radius 3 is 2.50 bits per heavy atom. The topological polar surface area (TPSA) is 60.8 Å². The zero-order valence-electron chi connectivity index (χ0n) is 6.24. The highest BCUT2D eigenvalue weighted by Gasteiger charge is 2.09. The number of carboxylic acids is 1. The van der Waals surface area contributed by atoms with Gasteiger partial charge in [-0.15, -0.1) is 0 Å². The summed E-state index contributed by atoms with van der Waals surface area (Å²) in [5.74, 6) is -0.872. The number of likely N-dealkylation sites (N-methyl/N-ethyl adjacent to an activating group) is 1. The highest BCUT2D eigenvalue weighted by Crippen LogP contribution is 1.91. The molecule has 0 bridgehead atoms. The second-order valence-corrected chi connectivity index (χ2v) is 2.34. The third-order valence-electron chi connectivity index (χ3n) is 1.40. The maximum absolute atomic E-state index is 10.1. The van der Waals surface area contributed by atoms with E-state index in [9.17, 15) is 4.79 Å². The van der Waals surface area contributed by atoms with Gasteiger partial charge in [0.05, 0.1) is 13.2 Å². The molecule has 0 spiro atoms. The van der Waals surface area contributed by atoms with Crippen LogP contribution in [0, 0.1) is 0 Å². The minimum Gasteiger partial charge on any atom is -0.480 e. The van der Waals surface area contributed by atoms with Crippen molar-refractivity contribution < 1.29 is 15.0 Å². The van der Waals surface area contributed by atoms with Crippen molar-refractivity contribution in [1.82, 2.24) is 4.90 Å². The lowest BCUT2D eigenvalue weighted by Crippen LogP contribution is -2.35. The van der Waals surface area contributed by atoms with E-state index in [1.54, 1.807) is 18.9 Å². The molecule has 4 nitrogen and oxygen atoms in total. The molecule has 0 aliphatic heterocycles. The van der Waals surface area contributed by atoms with Gasteiger partial charge in [-0.1, -0.05) is 0 Å². The van der Waals surface area contributed by atoms with E-state index >= 15 is 0 Å². The molecular formula is C6H13NO3. The molecule has 0 radical (unpaired) electrons. The Bertz CT molecular complexity index is 116. The van der Waals surface area contributed by atoms with Crippen LogP contribution in [0.3, 0.4) is 0 Å². The molecule has 0 aromatic carbocycles. The van der Waals surface area contributed by atoms with Crippen LogP contribution in [-0.4, -0.2) is 47.3 Å². The highest BCUT2D eigenvalue weighted by atomic mass is 16.4. The van der Waals surface area contributed by atoms with E-state index < -0.39 is 5.97 Å². The SMILES string of the molecule is C[C@H](CO)N(C)CC(=O)O. The standard InChI is InChI=1S/C6H13NO3/c1-5(4-8)7(2)3-6(9)10/h5,8H,3-4H2,1-2H3,(H,9,10)/t5-/m1/s1. The molecule has 0 aromatic heterocycles. The van der Waals surface area contributed by atoms with Crippen molar-refractivity contribution in [3.8, 4) is 0 Å².